The van der Waals surface area contributed by atoms with Gasteiger partial charge in [-0.25, -0.2) is 8.42 Å². The third-order valence-electron chi connectivity index (χ3n) is 4.38. The molecule has 148 valence electrons. The Morgan fingerprint density at radius 3 is 2.41 bits per heavy atom. The molecule has 0 bridgehead atoms. The number of hydrogen-bond donors (Lipinski definition) is 0. The molecule has 0 N–H and O–H groups in total. The van der Waals surface area contributed by atoms with E-state index in [1.54, 1.807) is 10.9 Å². The molecule has 0 unspecified atom stereocenters. The van der Waals surface area contributed by atoms with Crippen LogP contribution in [0.2, 0.25) is 5.02 Å². The lowest BCUT2D eigenvalue weighted by Gasteiger charge is -2.33. The van der Waals surface area contributed by atoms with Gasteiger partial charge in [0, 0.05) is 51.5 Å². The first-order chi connectivity index (χ1) is 12.6. The summed E-state index contributed by atoms with van der Waals surface area (Å²) in [6.45, 7) is 2.00. The van der Waals surface area contributed by atoms with E-state index in [9.17, 15) is 21.6 Å². The fourth-order valence-corrected chi connectivity index (χ4v) is 4.64. The lowest BCUT2D eigenvalue weighted by molar-refractivity contribution is -0.137. The van der Waals surface area contributed by atoms with Crippen molar-refractivity contribution < 1.29 is 21.6 Å². The minimum absolute atomic E-state index is 0.201. The zero-order valence-electron chi connectivity index (χ0n) is 14.4. The van der Waals surface area contributed by atoms with Crippen LogP contribution in [-0.2, 0) is 29.8 Å². The summed E-state index contributed by atoms with van der Waals surface area (Å²) in [4.78, 5) is 1.67. The number of nitrogens with zero attached hydrogens (tertiary/aromatic N) is 4. The minimum Gasteiger partial charge on any atom is -0.296 e. The number of sulfonamides is 1. The van der Waals surface area contributed by atoms with Crippen LogP contribution < -0.4 is 0 Å². The van der Waals surface area contributed by atoms with Crippen LogP contribution in [0, 0.1) is 0 Å². The van der Waals surface area contributed by atoms with Crippen LogP contribution in [0.3, 0.4) is 0 Å². The molecule has 1 aromatic carbocycles. The highest BCUT2D eigenvalue weighted by Gasteiger charge is 2.36. The van der Waals surface area contributed by atoms with Crippen molar-refractivity contribution in [2.45, 2.75) is 17.6 Å². The molecule has 0 aliphatic carbocycles. The van der Waals surface area contributed by atoms with Crippen molar-refractivity contribution in [1.29, 1.82) is 0 Å². The number of halogens is 4. The highest BCUT2D eigenvalue weighted by atomic mass is 35.5. The largest absolute Gasteiger partial charge is 0.417 e. The maximum absolute atomic E-state index is 13.0. The molecular formula is C16H18ClF3N4O2S. The van der Waals surface area contributed by atoms with Gasteiger partial charge in [0.05, 0.1) is 21.7 Å². The maximum atomic E-state index is 13.0. The van der Waals surface area contributed by atoms with Gasteiger partial charge in [0.25, 0.3) is 0 Å². The molecule has 11 heteroatoms. The van der Waals surface area contributed by atoms with E-state index in [-0.39, 0.29) is 13.1 Å². The van der Waals surface area contributed by atoms with Crippen LogP contribution in [0.1, 0.15) is 11.1 Å². The van der Waals surface area contributed by atoms with Crippen molar-refractivity contribution >= 4 is 21.6 Å². The first-order valence-electron chi connectivity index (χ1n) is 8.14. The second-order valence-corrected chi connectivity index (χ2v) is 8.69. The Labute approximate surface area is 160 Å². The maximum Gasteiger partial charge on any atom is 0.417 e. The van der Waals surface area contributed by atoms with Gasteiger partial charge in [-0.15, -0.1) is 0 Å². The van der Waals surface area contributed by atoms with E-state index in [2.05, 4.69) is 10.00 Å². The Balaban J connectivity index is 1.72. The molecule has 1 fully saturated rings. The summed E-state index contributed by atoms with van der Waals surface area (Å²) >= 11 is 5.57. The molecule has 2 heterocycles. The molecule has 0 radical (unpaired) electrons. The van der Waals surface area contributed by atoms with Gasteiger partial charge in [0.2, 0.25) is 10.0 Å². The minimum atomic E-state index is -4.72. The number of aryl methyl sites for hydroxylation is 1. The Morgan fingerprint density at radius 2 is 1.85 bits per heavy atom. The third kappa shape index (κ3) is 4.45. The predicted octanol–water partition coefficient (Wildman–Crippen LogP) is 2.60. The van der Waals surface area contributed by atoms with Crippen molar-refractivity contribution in [2.24, 2.45) is 7.05 Å². The Morgan fingerprint density at radius 1 is 1.19 bits per heavy atom. The fraction of sp³-hybridized carbons (Fsp3) is 0.438. The van der Waals surface area contributed by atoms with Gasteiger partial charge >= 0.3 is 6.18 Å². The van der Waals surface area contributed by atoms with Crippen LogP contribution in [0.25, 0.3) is 0 Å². The molecule has 1 saturated heterocycles. The number of piperazine rings is 1. The molecule has 1 aromatic heterocycles. The van der Waals surface area contributed by atoms with E-state index in [0.717, 1.165) is 17.7 Å². The van der Waals surface area contributed by atoms with E-state index in [0.29, 0.717) is 25.7 Å². The number of benzene rings is 1. The number of alkyl halides is 3. The molecule has 0 spiro atoms. The average Bonchev–Trinajstić information content (AvgIpc) is 2.99. The van der Waals surface area contributed by atoms with Gasteiger partial charge < -0.3 is 0 Å². The molecule has 1 aliphatic rings. The van der Waals surface area contributed by atoms with Gasteiger partial charge in [-0.05, 0) is 18.2 Å². The van der Waals surface area contributed by atoms with Crippen molar-refractivity contribution in [3.05, 3.63) is 46.7 Å². The molecule has 6 nitrogen and oxygen atoms in total. The van der Waals surface area contributed by atoms with E-state index in [1.807, 2.05) is 13.2 Å². The Kier molecular flexibility index (Phi) is 5.53. The van der Waals surface area contributed by atoms with E-state index in [1.165, 1.54) is 4.31 Å². The first kappa shape index (κ1) is 20.1. The van der Waals surface area contributed by atoms with Crippen molar-refractivity contribution in [3.63, 3.8) is 0 Å². The lowest BCUT2D eigenvalue weighted by Crippen LogP contribution is -2.48. The smallest absolute Gasteiger partial charge is 0.296 e. The summed E-state index contributed by atoms with van der Waals surface area (Å²) in [6, 6.07) is 2.67. The summed E-state index contributed by atoms with van der Waals surface area (Å²) in [5.41, 5.74) is -0.137. The number of rotatable bonds is 4. The Hall–Kier alpha value is -1.62. The van der Waals surface area contributed by atoms with E-state index in [4.69, 9.17) is 11.6 Å². The first-order valence-corrected chi connectivity index (χ1v) is 9.96. The van der Waals surface area contributed by atoms with E-state index < -0.39 is 31.7 Å². The van der Waals surface area contributed by atoms with Crippen LogP contribution in [0.5, 0.6) is 0 Å². The van der Waals surface area contributed by atoms with Crippen LogP contribution in [0.4, 0.5) is 13.2 Å². The van der Waals surface area contributed by atoms with Gasteiger partial charge in [0.1, 0.15) is 0 Å². The molecule has 3 rings (SSSR count). The average molecular weight is 423 g/mol. The summed E-state index contributed by atoms with van der Waals surface area (Å²) in [6.07, 6.45) is -1.09. The normalized spacial score (nSPS) is 17.4. The molecular weight excluding hydrogens is 405 g/mol. The summed E-state index contributed by atoms with van der Waals surface area (Å²) in [7, 11) is -2.21. The molecule has 2 aromatic rings. The molecule has 1 aliphatic heterocycles. The fourth-order valence-electron chi connectivity index (χ4n) is 2.97. The quantitative estimate of drug-likeness (QED) is 0.760. The molecule has 0 atom stereocenters. The van der Waals surface area contributed by atoms with Crippen LogP contribution in [0.15, 0.2) is 35.5 Å². The van der Waals surface area contributed by atoms with E-state index >= 15 is 0 Å². The zero-order valence-corrected chi connectivity index (χ0v) is 16.0. The van der Waals surface area contributed by atoms with Gasteiger partial charge in [-0.3, -0.25) is 9.58 Å². The number of hydrogen-bond acceptors (Lipinski definition) is 4. The SMILES string of the molecule is Cn1cc(CN2CCN(S(=O)(=O)c3ccc(Cl)c(C(F)(F)F)c3)CC2)cn1. The third-order valence-corrected chi connectivity index (χ3v) is 6.60. The van der Waals surface area contributed by atoms with Crippen molar-refractivity contribution in [3.8, 4) is 0 Å². The van der Waals surface area contributed by atoms with Crippen LogP contribution in [-0.4, -0.2) is 53.6 Å². The molecule has 0 saturated carbocycles. The molecule has 27 heavy (non-hydrogen) atoms. The Bertz CT molecular complexity index is 922. The van der Waals surface area contributed by atoms with Crippen molar-refractivity contribution in [2.75, 3.05) is 26.2 Å². The molecule has 0 amide bonds. The van der Waals surface area contributed by atoms with Gasteiger partial charge in [-0.1, -0.05) is 11.6 Å². The lowest BCUT2D eigenvalue weighted by atomic mass is 10.2. The van der Waals surface area contributed by atoms with Crippen molar-refractivity contribution in [1.82, 2.24) is 19.0 Å². The summed E-state index contributed by atoms with van der Waals surface area (Å²) in [5.74, 6) is 0. The number of aromatic nitrogens is 2. The summed E-state index contributed by atoms with van der Waals surface area (Å²) < 4.78 is 67.4. The standard InChI is InChI=1S/C16H18ClF3N4O2S/c1-22-10-12(9-21-22)11-23-4-6-24(7-5-23)27(25,26)13-2-3-15(17)14(8-13)16(18,19)20/h2-3,8-10H,4-7,11H2,1H3. The predicted molar refractivity (Wildman–Crippen MR) is 93.7 cm³/mol. The highest BCUT2D eigenvalue weighted by Crippen LogP contribution is 2.36. The van der Waals surface area contributed by atoms with Gasteiger partial charge in [-0.2, -0.15) is 22.6 Å². The monoisotopic (exact) mass is 422 g/mol. The second-order valence-electron chi connectivity index (χ2n) is 6.34. The van der Waals surface area contributed by atoms with Gasteiger partial charge in [0.15, 0.2) is 0 Å². The highest BCUT2D eigenvalue weighted by molar-refractivity contribution is 7.89. The van der Waals surface area contributed by atoms with Crippen LogP contribution >= 0.6 is 11.6 Å². The second kappa shape index (κ2) is 7.42. The summed E-state index contributed by atoms with van der Waals surface area (Å²) in [5, 5.41) is 3.57. The topological polar surface area (TPSA) is 58.4 Å². The zero-order chi connectivity index (χ0) is 19.8.